The normalized spacial score (nSPS) is 13.1. The third kappa shape index (κ3) is 13.2. The topological polar surface area (TPSA) is 108 Å². The molecule has 3 unspecified atom stereocenters. The van der Waals surface area contributed by atoms with E-state index in [4.69, 9.17) is 37.9 Å². The van der Waals surface area contributed by atoms with E-state index in [0.717, 1.165) is 39.3 Å². The van der Waals surface area contributed by atoms with Gasteiger partial charge in [0.25, 0.3) is 0 Å². The molecule has 0 aliphatic heterocycles. The number of hydrogen-bond donors (Lipinski definition) is 0. The third-order valence-corrected chi connectivity index (χ3v) is 13.8. The van der Waals surface area contributed by atoms with Gasteiger partial charge in [0.05, 0.1) is 28.4 Å². The summed E-state index contributed by atoms with van der Waals surface area (Å²) in [6, 6.07) is 24.1. The van der Waals surface area contributed by atoms with Crippen LogP contribution in [0.25, 0.3) is 0 Å². The van der Waals surface area contributed by atoms with E-state index in [-0.39, 0.29) is 6.61 Å². The van der Waals surface area contributed by atoms with Gasteiger partial charge in [-0.2, -0.15) is 0 Å². The van der Waals surface area contributed by atoms with E-state index in [1.54, 1.807) is 65.8 Å². The predicted molar refractivity (Wildman–Crippen MR) is 251 cm³/mol. The van der Waals surface area contributed by atoms with Crippen molar-refractivity contribution >= 4 is 59.0 Å². The van der Waals surface area contributed by atoms with Crippen LogP contribution in [0.3, 0.4) is 0 Å². The first-order chi connectivity index (χ1) is 29.2. The number of hydrogen-bond acceptors (Lipinski definition) is 14. The van der Waals surface area contributed by atoms with E-state index >= 15 is 0 Å². The van der Waals surface area contributed by atoms with E-state index in [1.165, 1.54) is 28.4 Å². The van der Waals surface area contributed by atoms with Crippen molar-refractivity contribution in [2.24, 2.45) is 0 Å². The second kappa shape index (κ2) is 23.1. The van der Waals surface area contributed by atoms with Crippen molar-refractivity contribution < 1.29 is 47.5 Å². The summed E-state index contributed by atoms with van der Waals surface area (Å²) in [4.78, 5) is 26.0. The smallest absolute Gasteiger partial charge is 0.331 e. The molecule has 3 atom stereocenters. The van der Waals surface area contributed by atoms with Gasteiger partial charge in [0.15, 0.2) is 33.4 Å². The highest BCUT2D eigenvalue weighted by Gasteiger charge is 2.34. The van der Waals surface area contributed by atoms with Crippen LogP contribution in [0.15, 0.2) is 108 Å². The summed E-state index contributed by atoms with van der Waals surface area (Å²) < 4.78 is 48.2. The van der Waals surface area contributed by atoms with E-state index in [2.05, 4.69) is 75.5 Å². The van der Waals surface area contributed by atoms with Crippen LogP contribution in [0.4, 0.5) is 0 Å². The lowest BCUT2D eigenvalue weighted by atomic mass is 9.77. The molecule has 4 aromatic rings. The first-order valence-electron chi connectivity index (χ1n) is 19.2. The summed E-state index contributed by atoms with van der Waals surface area (Å²) in [5, 5.41) is 0. The Morgan fingerprint density at radius 2 is 1.11 bits per heavy atom. The molecule has 0 aromatic heterocycles. The Labute approximate surface area is 377 Å². The zero-order valence-electron chi connectivity index (χ0n) is 36.5. The molecule has 14 heteroatoms. The van der Waals surface area contributed by atoms with Crippen LogP contribution < -0.4 is 28.4 Å². The molecule has 0 N–H and O–H groups in total. The minimum absolute atomic E-state index is 0.0134. The van der Waals surface area contributed by atoms with Crippen molar-refractivity contribution in [3.05, 3.63) is 120 Å². The summed E-state index contributed by atoms with van der Waals surface area (Å²) in [6.07, 6.45) is 5.68. The van der Waals surface area contributed by atoms with Crippen molar-refractivity contribution in [1.82, 2.24) is 0 Å². The van der Waals surface area contributed by atoms with Gasteiger partial charge in [0.1, 0.15) is 12.7 Å². The summed E-state index contributed by atoms with van der Waals surface area (Å²) in [7, 11) is 6.24. The molecule has 10 nitrogen and oxygen atoms in total. The molecule has 0 saturated carbocycles. The van der Waals surface area contributed by atoms with Gasteiger partial charge in [-0.1, -0.05) is 51.3 Å². The van der Waals surface area contributed by atoms with Crippen molar-refractivity contribution in [2.45, 2.75) is 70.9 Å². The van der Waals surface area contributed by atoms with Crippen molar-refractivity contribution in [3.8, 4) is 34.5 Å². The van der Waals surface area contributed by atoms with Crippen LogP contribution in [0, 0.1) is 0 Å². The monoisotopic (exact) mass is 908 g/mol. The van der Waals surface area contributed by atoms with Gasteiger partial charge in [0.2, 0.25) is 11.5 Å². The molecule has 0 saturated heterocycles. The Morgan fingerprint density at radius 1 is 0.672 bits per heavy atom. The molecule has 0 amide bonds. The van der Waals surface area contributed by atoms with Gasteiger partial charge in [-0.3, -0.25) is 0 Å². The van der Waals surface area contributed by atoms with Gasteiger partial charge >= 0.3 is 11.9 Å². The lowest BCUT2D eigenvalue weighted by Crippen LogP contribution is -2.34. The maximum Gasteiger partial charge on any atom is 0.331 e. The predicted octanol–water partition coefficient (Wildman–Crippen LogP) is 11.0. The van der Waals surface area contributed by atoms with Gasteiger partial charge in [-0.25, -0.2) is 9.59 Å². The highest BCUT2D eigenvalue weighted by atomic mass is 32.2. The summed E-state index contributed by atoms with van der Waals surface area (Å²) in [6.45, 7) is 14.8. The van der Waals surface area contributed by atoms with Gasteiger partial charge in [0, 0.05) is 38.9 Å². The molecule has 0 bridgehead atoms. The number of esters is 2. The SMILES string of the molecule is C=CC(=O)OC(C)C(Oc1c(OC)cc(C(C)(C)c2cc(OC)c(OCC(C)(OC(=O)C=C)SCc3ccc(SC)cc3)c(OC)c2)cc1OC)SCc1ccc(SC)cc1. The zero-order chi connectivity index (χ0) is 44.7. The number of carbonyl (C=O) groups is 2. The fourth-order valence-electron chi connectivity index (χ4n) is 5.99. The van der Waals surface area contributed by atoms with Crippen LogP contribution in [0.1, 0.15) is 49.9 Å². The Balaban J connectivity index is 1.65. The standard InChI is InChI=1S/C47H56O10S4/c1-13-41(48)55-30(3)45(60-27-31-15-19-35(58-11)20-16-31)56-44-39(52-9)25-34(26-40(44)53-10)46(4,5)33-23-37(50-7)43(38(24-33)51-8)54-29-47(6,57-42(49)14-2)61-28-32-17-21-36(59-12)22-18-32/h13-26,30,45H,1-2,27-29H2,3-12H3. The van der Waals surface area contributed by atoms with Gasteiger partial charge < -0.3 is 37.9 Å². The lowest BCUT2D eigenvalue weighted by Gasteiger charge is -2.31. The van der Waals surface area contributed by atoms with Crippen LogP contribution >= 0.6 is 47.0 Å². The molecule has 0 aliphatic rings. The van der Waals surface area contributed by atoms with E-state index in [0.29, 0.717) is 46.0 Å². The van der Waals surface area contributed by atoms with E-state index in [9.17, 15) is 9.59 Å². The lowest BCUT2D eigenvalue weighted by molar-refractivity contribution is -0.146. The quantitative estimate of drug-likeness (QED) is 0.0288. The highest BCUT2D eigenvalue weighted by Crippen LogP contribution is 2.48. The fraction of sp³-hybridized carbons (Fsp3) is 0.362. The number of methoxy groups -OCH3 is 4. The first kappa shape index (κ1) is 49.2. The maximum atomic E-state index is 12.5. The molecular weight excluding hydrogens is 853 g/mol. The molecule has 0 heterocycles. The molecule has 0 radical (unpaired) electrons. The summed E-state index contributed by atoms with van der Waals surface area (Å²) in [5.41, 5.74) is 2.52. The van der Waals surface area contributed by atoms with Crippen molar-refractivity contribution in [3.63, 3.8) is 0 Å². The fourth-order valence-corrected chi connectivity index (χ4v) is 8.80. The molecule has 0 aliphatic carbocycles. The zero-order valence-corrected chi connectivity index (χ0v) is 39.8. The number of carbonyl (C=O) groups excluding carboxylic acids is 2. The molecule has 4 rings (SSSR count). The molecule has 4 aromatic carbocycles. The van der Waals surface area contributed by atoms with Crippen LogP contribution in [-0.2, 0) is 36.0 Å². The maximum absolute atomic E-state index is 12.5. The average Bonchev–Trinajstić information content (AvgIpc) is 3.28. The third-order valence-electron chi connectivity index (χ3n) is 9.69. The van der Waals surface area contributed by atoms with Crippen molar-refractivity contribution in [1.29, 1.82) is 0 Å². The largest absolute Gasteiger partial charge is 0.493 e. The number of benzene rings is 4. The molecule has 0 spiro atoms. The van der Waals surface area contributed by atoms with Crippen LogP contribution in [-0.4, -0.2) is 76.0 Å². The van der Waals surface area contributed by atoms with Gasteiger partial charge in [-0.15, -0.1) is 47.0 Å². The molecule has 0 fully saturated rings. The second-order valence-corrected chi connectivity index (χ2v) is 18.5. The summed E-state index contributed by atoms with van der Waals surface area (Å²) in [5.74, 6) is 2.44. The van der Waals surface area contributed by atoms with Crippen LogP contribution in [0.5, 0.6) is 34.5 Å². The second-order valence-electron chi connectivity index (χ2n) is 14.2. The average molecular weight is 909 g/mol. The molecule has 61 heavy (non-hydrogen) atoms. The Hall–Kier alpha value is -4.50. The highest BCUT2D eigenvalue weighted by molar-refractivity contribution is 8.00. The summed E-state index contributed by atoms with van der Waals surface area (Å²) >= 11 is 6.27. The Morgan fingerprint density at radius 3 is 1.54 bits per heavy atom. The number of ether oxygens (including phenoxy) is 8. The minimum Gasteiger partial charge on any atom is -0.493 e. The van der Waals surface area contributed by atoms with Crippen molar-refractivity contribution in [2.75, 3.05) is 47.6 Å². The number of thioether (sulfide) groups is 4. The minimum atomic E-state index is -1.09. The number of rotatable bonds is 24. The molecular formula is C47H56O10S4. The molecule has 328 valence electrons. The van der Waals surface area contributed by atoms with E-state index in [1.807, 2.05) is 36.8 Å². The Kier molecular flexibility index (Phi) is 18.6. The van der Waals surface area contributed by atoms with Gasteiger partial charge in [-0.05, 0) is 97.1 Å². The first-order valence-corrected chi connectivity index (χ1v) is 23.7. The van der Waals surface area contributed by atoms with Crippen LogP contribution in [0.2, 0.25) is 0 Å². The Bertz CT molecular complexity index is 2060. The van der Waals surface area contributed by atoms with E-state index < -0.39 is 33.8 Å².